The van der Waals surface area contributed by atoms with Crippen LogP contribution in [0.3, 0.4) is 0 Å². The first-order valence-corrected chi connectivity index (χ1v) is 4.39. The molecule has 1 aromatic rings. The Hall–Kier alpha value is -1.13. The van der Waals surface area contributed by atoms with Gasteiger partial charge in [0.05, 0.1) is 13.2 Å². The van der Waals surface area contributed by atoms with Crippen LogP contribution in [0.25, 0.3) is 0 Å². The van der Waals surface area contributed by atoms with Crippen molar-refractivity contribution in [3.05, 3.63) is 29.6 Å². The lowest BCUT2D eigenvalue weighted by molar-refractivity contribution is 0.281. The maximum absolute atomic E-state index is 13.0. The smallest absolute Gasteiger partial charge is 0.125 e. The zero-order valence-electron chi connectivity index (χ0n) is 8.07. The number of nitrogens with zero attached hydrogens (tertiary/aromatic N) is 1. The molecule has 0 spiro atoms. The molecule has 0 heterocycles. The molecule has 0 atom stereocenters. The first-order chi connectivity index (χ1) is 6.67. The fourth-order valence-corrected chi connectivity index (χ4v) is 1.22. The normalized spacial score (nSPS) is 10.3. The molecule has 0 aliphatic heterocycles. The highest BCUT2D eigenvalue weighted by Gasteiger charge is 2.04. The third kappa shape index (κ3) is 2.68. The van der Waals surface area contributed by atoms with Crippen LogP contribution in [0.1, 0.15) is 5.56 Å². The zero-order valence-corrected chi connectivity index (χ0v) is 8.07. The lowest BCUT2D eigenvalue weighted by Crippen LogP contribution is -2.21. The van der Waals surface area contributed by atoms with E-state index < -0.39 is 0 Å². The van der Waals surface area contributed by atoms with Gasteiger partial charge in [-0.3, -0.25) is 0 Å². The SMILES string of the molecule is CN(CCO)c1cc(F)cc(CO)c1. The minimum atomic E-state index is -0.378. The summed E-state index contributed by atoms with van der Waals surface area (Å²) in [5.74, 6) is -0.378. The van der Waals surface area contributed by atoms with Crippen LogP contribution >= 0.6 is 0 Å². The van der Waals surface area contributed by atoms with Crippen molar-refractivity contribution in [2.45, 2.75) is 6.61 Å². The summed E-state index contributed by atoms with van der Waals surface area (Å²) in [5.41, 5.74) is 1.19. The monoisotopic (exact) mass is 199 g/mol. The molecule has 0 bridgehead atoms. The fourth-order valence-electron chi connectivity index (χ4n) is 1.22. The highest BCUT2D eigenvalue weighted by molar-refractivity contribution is 5.48. The molecular formula is C10H14FNO2. The second-order valence-electron chi connectivity index (χ2n) is 3.12. The maximum atomic E-state index is 13.0. The molecule has 0 saturated carbocycles. The van der Waals surface area contributed by atoms with E-state index in [-0.39, 0.29) is 19.0 Å². The lowest BCUT2D eigenvalue weighted by atomic mass is 10.2. The predicted molar refractivity (Wildman–Crippen MR) is 52.7 cm³/mol. The van der Waals surface area contributed by atoms with E-state index in [1.54, 1.807) is 18.0 Å². The minimum absolute atomic E-state index is 0.0153. The van der Waals surface area contributed by atoms with Gasteiger partial charge < -0.3 is 15.1 Å². The number of hydrogen-bond acceptors (Lipinski definition) is 3. The molecule has 0 aliphatic rings. The number of rotatable bonds is 4. The quantitative estimate of drug-likeness (QED) is 0.752. The van der Waals surface area contributed by atoms with Gasteiger partial charge in [0.25, 0.3) is 0 Å². The van der Waals surface area contributed by atoms with E-state index in [1.807, 2.05) is 0 Å². The van der Waals surface area contributed by atoms with Gasteiger partial charge >= 0.3 is 0 Å². The van der Waals surface area contributed by atoms with Crippen molar-refractivity contribution in [1.82, 2.24) is 0 Å². The average Bonchev–Trinajstić information content (AvgIpc) is 2.17. The van der Waals surface area contributed by atoms with E-state index in [0.29, 0.717) is 17.8 Å². The third-order valence-electron chi connectivity index (χ3n) is 2.00. The number of aliphatic hydroxyl groups excluding tert-OH is 2. The molecule has 0 aromatic heterocycles. The van der Waals surface area contributed by atoms with Crippen molar-refractivity contribution in [3.8, 4) is 0 Å². The second kappa shape index (κ2) is 4.93. The molecular weight excluding hydrogens is 185 g/mol. The molecule has 78 valence electrons. The van der Waals surface area contributed by atoms with Crippen LogP contribution in [0, 0.1) is 5.82 Å². The van der Waals surface area contributed by atoms with E-state index in [4.69, 9.17) is 10.2 Å². The van der Waals surface area contributed by atoms with Crippen molar-refractivity contribution < 1.29 is 14.6 Å². The Labute approximate surface area is 82.4 Å². The number of halogens is 1. The van der Waals surface area contributed by atoms with Crippen molar-refractivity contribution in [2.24, 2.45) is 0 Å². The van der Waals surface area contributed by atoms with Crippen LogP contribution in [0.4, 0.5) is 10.1 Å². The fraction of sp³-hybridized carbons (Fsp3) is 0.400. The minimum Gasteiger partial charge on any atom is -0.395 e. The van der Waals surface area contributed by atoms with E-state index in [2.05, 4.69) is 0 Å². The van der Waals surface area contributed by atoms with Crippen LogP contribution in [-0.2, 0) is 6.61 Å². The summed E-state index contributed by atoms with van der Waals surface area (Å²) < 4.78 is 13.0. The standard InChI is InChI=1S/C10H14FNO2/c1-12(2-3-13)10-5-8(7-14)4-9(11)6-10/h4-6,13-14H,2-3,7H2,1H3. The number of aliphatic hydroxyl groups is 2. The molecule has 2 N–H and O–H groups in total. The van der Waals surface area contributed by atoms with Gasteiger partial charge in [0.1, 0.15) is 5.82 Å². The van der Waals surface area contributed by atoms with Crippen LogP contribution < -0.4 is 4.90 Å². The van der Waals surface area contributed by atoms with Gasteiger partial charge in [-0.25, -0.2) is 4.39 Å². The Balaban J connectivity index is 2.90. The van der Waals surface area contributed by atoms with E-state index in [0.717, 1.165) is 0 Å². The molecule has 1 rings (SSSR count). The van der Waals surface area contributed by atoms with Gasteiger partial charge in [-0.2, -0.15) is 0 Å². The average molecular weight is 199 g/mol. The highest BCUT2D eigenvalue weighted by atomic mass is 19.1. The third-order valence-corrected chi connectivity index (χ3v) is 2.00. The molecule has 0 radical (unpaired) electrons. The van der Waals surface area contributed by atoms with E-state index in [1.165, 1.54) is 12.1 Å². The van der Waals surface area contributed by atoms with Crippen molar-refractivity contribution in [2.75, 3.05) is 25.1 Å². The maximum Gasteiger partial charge on any atom is 0.125 e. The van der Waals surface area contributed by atoms with Crippen molar-refractivity contribution in [1.29, 1.82) is 0 Å². The second-order valence-corrected chi connectivity index (χ2v) is 3.12. The summed E-state index contributed by atoms with van der Waals surface area (Å²) in [7, 11) is 1.76. The molecule has 14 heavy (non-hydrogen) atoms. The van der Waals surface area contributed by atoms with Crippen molar-refractivity contribution in [3.63, 3.8) is 0 Å². The van der Waals surface area contributed by atoms with E-state index in [9.17, 15) is 4.39 Å². The number of likely N-dealkylation sites (N-methyl/N-ethyl adjacent to an activating group) is 1. The first-order valence-electron chi connectivity index (χ1n) is 4.39. The lowest BCUT2D eigenvalue weighted by Gasteiger charge is -2.18. The Morgan fingerprint density at radius 2 is 2.00 bits per heavy atom. The number of anilines is 1. The molecule has 0 unspecified atom stereocenters. The van der Waals surface area contributed by atoms with E-state index >= 15 is 0 Å². The van der Waals surface area contributed by atoms with Gasteiger partial charge in [0.15, 0.2) is 0 Å². The summed E-state index contributed by atoms with van der Waals surface area (Å²) in [4.78, 5) is 1.72. The molecule has 1 aromatic carbocycles. The molecule has 0 amide bonds. The highest BCUT2D eigenvalue weighted by Crippen LogP contribution is 2.17. The summed E-state index contributed by atoms with van der Waals surface area (Å²) >= 11 is 0. The zero-order chi connectivity index (χ0) is 10.6. The van der Waals surface area contributed by atoms with Gasteiger partial charge in [0, 0.05) is 19.3 Å². The summed E-state index contributed by atoms with van der Waals surface area (Å²) in [6.07, 6.45) is 0. The van der Waals surface area contributed by atoms with Gasteiger partial charge in [-0.05, 0) is 23.8 Å². The van der Waals surface area contributed by atoms with Crippen LogP contribution in [0.5, 0.6) is 0 Å². The molecule has 0 saturated heterocycles. The van der Waals surface area contributed by atoms with Crippen molar-refractivity contribution >= 4 is 5.69 Å². The van der Waals surface area contributed by atoms with Crippen LogP contribution in [0.15, 0.2) is 18.2 Å². The van der Waals surface area contributed by atoms with Gasteiger partial charge in [-0.15, -0.1) is 0 Å². The van der Waals surface area contributed by atoms with Crippen LogP contribution in [0.2, 0.25) is 0 Å². The Kier molecular flexibility index (Phi) is 3.85. The number of hydrogen-bond donors (Lipinski definition) is 2. The predicted octanol–water partition coefficient (Wildman–Crippen LogP) is 0.746. The topological polar surface area (TPSA) is 43.7 Å². The first kappa shape index (κ1) is 10.9. The summed E-state index contributed by atoms with van der Waals surface area (Å²) in [6, 6.07) is 4.35. The Morgan fingerprint density at radius 1 is 1.29 bits per heavy atom. The number of benzene rings is 1. The molecule has 3 nitrogen and oxygen atoms in total. The Bertz CT molecular complexity index is 304. The van der Waals surface area contributed by atoms with Gasteiger partial charge in [0.2, 0.25) is 0 Å². The largest absolute Gasteiger partial charge is 0.395 e. The van der Waals surface area contributed by atoms with Crippen LogP contribution in [-0.4, -0.2) is 30.4 Å². The molecule has 4 heteroatoms. The summed E-state index contributed by atoms with van der Waals surface area (Å²) in [5, 5.41) is 17.6. The van der Waals surface area contributed by atoms with Gasteiger partial charge in [-0.1, -0.05) is 0 Å². The molecule has 0 fully saturated rings. The Morgan fingerprint density at radius 3 is 2.57 bits per heavy atom. The summed E-state index contributed by atoms with van der Waals surface area (Å²) in [6.45, 7) is 0.271. The molecule has 0 aliphatic carbocycles.